The van der Waals surface area contributed by atoms with E-state index in [4.69, 9.17) is 19.3 Å². The van der Waals surface area contributed by atoms with Gasteiger partial charge >= 0.3 is 19.8 Å². The maximum absolute atomic E-state index is 12.3. The molecule has 43 heavy (non-hydrogen) atoms. The molecule has 2 N–H and O–H groups in total. The minimum absolute atomic E-state index is 0.132. The molecule has 0 aliphatic rings. The summed E-state index contributed by atoms with van der Waals surface area (Å²) in [6.07, 6.45) is 35.4. The third kappa shape index (κ3) is 32.5. The molecule has 246 valence electrons. The van der Waals surface area contributed by atoms with Crippen LogP contribution in [0.3, 0.4) is 0 Å². The first-order valence-electron chi connectivity index (χ1n) is 16.1. The summed E-state index contributed by atoms with van der Waals surface area (Å²) in [6, 6.07) is 0. The van der Waals surface area contributed by atoms with Crippen molar-refractivity contribution in [2.45, 2.75) is 129 Å². The van der Waals surface area contributed by atoms with E-state index in [2.05, 4.69) is 67.0 Å². The Hall–Kier alpha value is -2.25. The maximum atomic E-state index is 12.3. The average Bonchev–Trinajstić information content (AvgIpc) is 2.97. The SMILES string of the molecule is CC/C=C/C/C=C/C/C=C/C/C=C/C/C=C/CCCC(=O)O[C@H](COC(=O)CCCCCCCCCC)COP(=O)(O)O. The number of esters is 2. The number of phosphoric ester groups is 1. The Morgan fingerprint density at radius 1 is 0.628 bits per heavy atom. The van der Waals surface area contributed by atoms with Gasteiger partial charge in [0, 0.05) is 12.8 Å². The van der Waals surface area contributed by atoms with Crippen LogP contribution in [-0.4, -0.2) is 41.0 Å². The quantitative estimate of drug-likeness (QED) is 0.0383. The smallest absolute Gasteiger partial charge is 0.462 e. The van der Waals surface area contributed by atoms with Crippen molar-refractivity contribution in [1.82, 2.24) is 0 Å². The second-order valence-electron chi connectivity index (χ2n) is 10.4. The highest BCUT2D eigenvalue weighted by Crippen LogP contribution is 2.35. The molecular weight excluding hydrogens is 567 g/mol. The highest BCUT2D eigenvalue weighted by atomic mass is 31.2. The maximum Gasteiger partial charge on any atom is 0.469 e. The van der Waals surface area contributed by atoms with E-state index in [1.807, 2.05) is 12.2 Å². The number of carbonyl (C=O) groups excluding carboxylic acids is 2. The van der Waals surface area contributed by atoms with Crippen molar-refractivity contribution in [3.05, 3.63) is 60.8 Å². The number of carbonyl (C=O) groups is 2. The molecule has 0 spiro atoms. The summed E-state index contributed by atoms with van der Waals surface area (Å²) in [5.41, 5.74) is 0. The van der Waals surface area contributed by atoms with Crippen molar-refractivity contribution < 1.29 is 37.9 Å². The fourth-order valence-electron chi connectivity index (χ4n) is 3.94. The standard InChI is InChI=1S/C34H57O8P/c1-3-5-7-9-11-13-14-15-16-17-18-19-20-21-23-25-27-29-34(36)42-32(31-41-43(37,38)39)30-40-33(35)28-26-24-22-12-10-8-6-4-2/h5,7,11,13,15-16,18-19,21,23,32H,3-4,6,8-10,12,14,17,20,22,24-31H2,1-2H3,(H2,37,38,39)/b7-5+,13-11+,16-15+,19-18+,23-21+/t32-/m1/s1. The summed E-state index contributed by atoms with van der Waals surface area (Å²) in [5.74, 6) is -0.965. The van der Waals surface area contributed by atoms with Gasteiger partial charge in [-0.3, -0.25) is 14.1 Å². The van der Waals surface area contributed by atoms with Crippen LogP contribution in [-0.2, 0) is 28.2 Å². The van der Waals surface area contributed by atoms with E-state index in [-0.39, 0.29) is 19.4 Å². The molecular formula is C34H57O8P. The fraction of sp³-hybridized carbons (Fsp3) is 0.647. The van der Waals surface area contributed by atoms with Crippen LogP contribution < -0.4 is 0 Å². The van der Waals surface area contributed by atoms with Crippen molar-refractivity contribution in [1.29, 1.82) is 0 Å². The number of hydrogen-bond acceptors (Lipinski definition) is 6. The van der Waals surface area contributed by atoms with E-state index in [0.717, 1.165) is 51.4 Å². The molecule has 0 fully saturated rings. The molecule has 0 bridgehead atoms. The number of hydrogen-bond donors (Lipinski definition) is 2. The Labute approximate surface area is 260 Å². The Morgan fingerprint density at radius 3 is 1.65 bits per heavy atom. The van der Waals surface area contributed by atoms with Gasteiger partial charge in [0.1, 0.15) is 6.61 Å². The number of allylic oxidation sites excluding steroid dienone is 10. The monoisotopic (exact) mass is 624 g/mol. The minimum atomic E-state index is -4.76. The predicted octanol–water partition coefficient (Wildman–Crippen LogP) is 9.00. The van der Waals surface area contributed by atoms with E-state index >= 15 is 0 Å². The van der Waals surface area contributed by atoms with Crippen LogP contribution in [0.4, 0.5) is 0 Å². The van der Waals surface area contributed by atoms with Gasteiger partial charge in [0.25, 0.3) is 0 Å². The summed E-state index contributed by atoms with van der Waals surface area (Å²) in [4.78, 5) is 42.3. The van der Waals surface area contributed by atoms with Gasteiger partial charge in [-0.25, -0.2) is 4.57 Å². The molecule has 0 aromatic rings. The van der Waals surface area contributed by atoms with E-state index in [1.54, 1.807) is 0 Å². The van der Waals surface area contributed by atoms with Crippen LogP contribution >= 0.6 is 7.82 Å². The molecule has 0 aromatic heterocycles. The lowest BCUT2D eigenvalue weighted by Gasteiger charge is -2.18. The lowest BCUT2D eigenvalue weighted by Crippen LogP contribution is -2.29. The normalized spacial score (nSPS) is 13.3. The first-order valence-corrected chi connectivity index (χ1v) is 17.6. The lowest BCUT2D eigenvalue weighted by atomic mass is 10.1. The largest absolute Gasteiger partial charge is 0.469 e. The van der Waals surface area contributed by atoms with Gasteiger partial charge < -0.3 is 19.3 Å². The Balaban J connectivity index is 4.16. The Kier molecular flexibility index (Phi) is 28.2. The molecule has 0 unspecified atom stereocenters. The van der Waals surface area contributed by atoms with Crippen LogP contribution in [0, 0.1) is 0 Å². The highest BCUT2D eigenvalue weighted by molar-refractivity contribution is 7.46. The molecule has 0 aromatic carbocycles. The predicted molar refractivity (Wildman–Crippen MR) is 174 cm³/mol. The summed E-state index contributed by atoms with van der Waals surface area (Å²) < 4.78 is 26.1. The van der Waals surface area contributed by atoms with Gasteiger partial charge in [0.05, 0.1) is 6.61 Å². The third-order valence-electron chi connectivity index (χ3n) is 6.30. The number of phosphoric acid groups is 1. The molecule has 1 atom stereocenters. The summed E-state index contributed by atoms with van der Waals surface area (Å²) >= 11 is 0. The van der Waals surface area contributed by atoms with Crippen LogP contribution in [0.2, 0.25) is 0 Å². The zero-order valence-electron chi connectivity index (χ0n) is 26.6. The summed E-state index contributed by atoms with van der Waals surface area (Å²) in [7, 11) is -4.76. The van der Waals surface area contributed by atoms with Crippen molar-refractivity contribution in [3.8, 4) is 0 Å². The minimum Gasteiger partial charge on any atom is -0.462 e. The lowest BCUT2D eigenvalue weighted by molar-refractivity contribution is -0.161. The molecule has 8 nitrogen and oxygen atoms in total. The highest BCUT2D eigenvalue weighted by Gasteiger charge is 2.22. The average molecular weight is 625 g/mol. The number of ether oxygens (including phenoxy) is 2. The summed E-state index contributed by atoms with van der Waals surface area (Å²) in [6.45, 7) is 3.45. The van der Waals surface area contributed by atoms with Crippen LogP contribution in [0.15, 0.2) is 60.8 Å². The molecule has 0 heterocycles. The molecule has 0 saturated heterocycles. The second-order valence-corrected chi connectivity index (χ2v) is 11.6. The van der Waals surface area contributed by atoms with E-state index in [1.165, 1.54) is 25.7 Å². The van der Waals surface area contributed by atoms with Gasteiger partial charge in [-0.1, -0.05) is 120 Å². The van der Waals surface area contributed by atoms with Gasteiger partial charge in [0.2, 0.25) is 0 Å². The number of unbranched alkanes of at least 4 members (excludes halogenated alkanes) is 8. The molecule has 0 aliphatic heterocycles. The van der Waals surface area contributed by atoms with Crippen molar-refractivity contribution in [3.63, 3.8) is 0 Å². The van der Waals surface area contributed by atoms with Crippen molar-refractivity contribution in [2.75, 3.05) is 13.2 Å². The Morgan fingerprint density at radius 2 is 1.12 bits per heavy atom. The van der Waals surface area contributed by atoms with Gasteiger partial charge in [0.15, 0.2) is 6.10 Å². The molecule has 0 aliphatic carbocycles. The Bertz CT molecular complexity index is 885. The summed E-state index contributed by atoms with van der Waals surface area (Å²) in [5, 5.41) is 0. The molecule has 0 rings (SSSR count). The molecule has 9 heteroatoms. The van der Waals surface area contributed by atoms with Crippen LogP contribution in [0.25, 0.3) is 0 Å². The van der Waals surface area contributed by atoms with E-state index in [9.17, 15) is 14.2 Å². The van der Waals surface area contributed by atoms with Crippen LogP contribution in [0.5, 0.6) is 0 Å². The fourth-order valence-corrected chi connectivity index (χ4v) is 4.30. The topological polar surface area (TPSA) is 119 Å². The molecule has 0 radical (unpaired) electrons. The molecule has 0 amide bonds. The second kappa shape index (κ2) is 29.8. The first-order chi connectivity index (χ1) is 20.8. The molecule has 0 saturated carbocycles. The number of rotatable bonds is 28. The zero-order chi connectivity index (χ0) is 31.9. The zero-order valence-corrected chi connectivity index (χ0v) is 27.5. The van der Waals surface area contributed by atoms with E-state index in [0.29, 0.717) is 19.3 Å². The van der Waals surface area contributed by atoms with Crippen LogP contribution in [0.1, 0.15) is 123 Å². The van der Waals surface area contributed by atoms with Gasteiger partial charge in [-0.15, -0.1) is 0 Å². The third-order valence-corrected chi connectivity index (χ3v) is 6.79. The van der Waals surface area contributed by atoms with Gasteiger partial charge in [-0.2, -0.15) is 0 Å². The van der Waals surface area contributed by atoms with Crippen molar-refractivity contribution in [2.24, 2.45) is 0 Å². The van der Waals surface area contributed by atoms with Crippen molar-refractivity contribution >= 4 is 19.8 Å². The van der Waals surface area contributed by atoms with E-state index < -0.39 is 32.5 Å². The first kappa shape index (κ1) is 40.8. The van der Waals surface area contributed by atoms with Gasteiger partial charge in [-0.05, 0) is 51.4 Å².